The van der Waals surface area contributed by atoms with Gasteiger partial charge in [-0.05, 0) is 31.6 Å². The minimum absolute atomic E-state index is 0.0442. The predicted molar refractivity (Wildman–Crippen MR) is 68.6 cm³/mol. The average molecular weight is 248 g/mol. The maximum absolute atomic E-state index is 11.3. The fourth-order valence-electron chi connectivity index (χ4n) is 3.76. The van der Waals surface area contributed by atoms with Crippen molar-refractivity contribution in [3.63, 3.8) is 0 Å². The van der Waals surface area contributed by atoms with E-state index in [1.807, 2.05) is 12.2 Å². The van der Waals surface area contributed by atoms with Crippen molar-refractivity contribution in [3.05, 3.63) is 23.8 Å². The number of nitrogens with two attached hydrogens (primary N) is 1. The molecule has 3 aliphatic rings. The molecule has 1 amide bonds. The Kier molecular flexibility index (Phi) is 2.99. The van der Waals surface area contributed by atoms with Gasteiger partial charge in [-0.2, -0.15) is 0 Å². The van der Waals surface area contributed by atoms with Crippen LogP contribution < -0.4 is 11.1 Å². The maximum Gasteiger partial charge on any atom is 0.247 e. The molecular formula is C14H20N2O2. The number of carbonyl (C=O) groups is 1. The third-order valence-electron chi connectivity index (χ3n) is 4.63. The van der Waals surface area contributed by atoms with Crippen molar-refractivity contribution in [3.8, 4) is 0 Å². The summed E-state index contributed by atoms with van der Waals surface area (Å²) in [5.74, 6) is -0.00509. The van der Waals surface area contributed by atoms with Gasteiger partial charge in [0.1, 0.15) is 0 Å². The Labute approximate surface area is 107 Å². The Morgan fingerprint density at radius 3 is 2.61 bits per heavy atom. The molecule has 98 valence electrons. The van der Waals surface area contributed by atoms with Crippen LogP contribution in [0.1, 0.15) is 25.7 Å². The molecule has 0 spiro atoms. The SMILES string of the molecule is NC(=O)C1=CC=CC(C2C[C@H]3CC[C@@H](C2)N3)C1O. The molecule has 2 aliphatic heterocycles. The third-order valence-corrected chi connectivity index (χ3v) is 4.63. The van der Waals surface area contributed by atoms with Crippen LogP contribution in [0.4, 0.5) is 0 Å². The number of rotatable bonds is 2. The molecule has 0 saturated carbocycles. The van der Waals surface area contributed by atoms with Gasteiger partial charge in [-0.25, -0.2) is 0 Å². The topological polar surface area (TPSA) is 75.4 Å². The molecule has 0 aromatic rings. The molecule has 1 aliphatic carbocycles. The second-order valence-electron chi connectivity index (χ2n) is 5.76. The monoisotopic (exact) mass is 248 g/mol. The fraction of sp³-hybridized carbons (Fsp3) is 0.643. The Morgan fingerprint density at radius 2 is 2.00 bits per heavy atom. The number of nitrogens with one attached hydrogen (secondary N) is 1. The first-order valence-corrected chi connectivity index (χ1v) is 6.77. The van der Waals surface area contributed by atoms with Crippen LogP contribution in [0.25, 0.3) is 0 Å². The van der Waals surface area contributed by atoms with Gasteiger partial charge in [0.25, 0.3) is 0 Å². The number of fused-ring (bicyclic) bond motifs is 2. The molecule has 0 aromatic heterocycles. The van der Waals surface area contributed by atoms with E-state index in [1.54, 1.807) is 6.08 Å². The largest absolute Gasteiger partial charge is 0.388 e. The van der Waals surface area contributed by atoms with Crippen LogP contribution in [-0.2, 0) is 4.79 Å². The van der Waals surface area contributed by atoms with Crippen molar-refractivity contribution in [1.29, 1.82) is 0 Å². The van der Waals surface area contributed by atoms with Crippen molar-refractivity contribution in [2.24, 2.45) is 17.6 Å². The van der Waals surface area contributed by atoms with Gasteiger partial charge in [-0.15, -0.1) is 0 Å². The molecule has 5 atom stereocenters. The van der Waals surface area contributed by atoms with Crippen LogP contribution in [-0.4, -0.2) is 29.2 Å². The predicted octanol–water partition coefficient (Wildman–Crippen LogP) is 0.476. The number of primary amides is 1. The molecule has 2 heterocycles. The molecule has 2 bridgehead atoms. The first kappa shape index (κ1) is 11.9. The third kappa shape index (κ3) is 1.99. The normalized spacial score (nSPS) is 42.7. The standard InChI is InChI=1S/C14H20N2O2/c15-14(18)12-3-1-2-11(13(12)17)8-6-9-4-5-10(7-8)16-9/h1-3,8-11,13,16-17H,4-7H2,(H2,15,18)/t8?,9-,10+,11?,13?. The van der Waals surface area contributed by atoms with Crippen molar-refractivity contribution >= 4 is 5.91 Å². The summed E-state index contributed by atoms with van der Waals surface area (Å²) < 4.78 is 0. The lowest BCUT2D eigenvalue weighted by Gasteiger charge is -2.36. The van der Waals surface area contributed by atoms with Gasteiger partial charge < -0.3 is 16.2 Å². The summed E-state index contributed by atoms with van der Waals surface area (Å²) in [6, 6.07) is 1.19. The zero-order valence-corrected chi connectivity index (χ0v) is 10.4. The van der Waals surface area contributed by atoms with E-state index in [0.29, 0.717) is 23.6 Å². The highest BCUT2D eigenvalue weighted by Crippen LogP contribution is 2.39. The lowest BCUT2D eigenvalue weighted by Crippen LogP contribution is -2.44. The van der Waals surface area contributed by atoms with Crippen molar-refractivity contribution in [1.82, 2.24) is 5.32 Å². The zero-order valence-electron chi connectivity index (χ0n) is 10.4. The van der Waals surface area contributed by atoms with E-state index in [2.05, 4.69) is 5.32 Å². The fourth-order valence-corrected chi connectivity index (χ4v) is 3.76. The van der Waals surface area contributed by atoms with E-state index in [1.165, 1.54) is 12.8 Å². The number of hydrogen-bond acceptors (Lipinski definition) is 3. The lowest BCUT2D eigenvalue weighted by atomic mass is 9.75. The molecule has 4 N–H and O–H groups in total. The van der Waals surface area contributed by atoms with Gasteiger partial charge in [0.15, 0.2) is 0 Å². The minimum atomic E-state index is -0.727. The summed E-state index contributed by atoms with van der Waals surface area (Å²) in [4.78, 5) is 11.3. The molecule has 2 fully saturated rings. The van der Waals surface area contributed by atoms with Crippen LogP contribution in [0, 0.1) is 11.8 Å². The van der Waals surface area contributed by atoms with Crippen LogP contribution >= 0.6 is 0 Å². The Morgan fingerprint density at radius 1 is 1.33 bits per heavy atom. The number of aliphatic hydroxyl groups is 1. The smallest absolute Gasteiger partial charge is 0.247 e. The highest BCUT2D eigenvalue weighted by atomic mass is 16.3. The Hall–Kier alpha value is -1.13. The molecule has 0 aromatic carbocycles. The highest BCUT2D eigenvalue weighted by Gasteiger charge is 2.40. The van der Waals surface area contributed by atoms with E-state index >= 15 is 0 Å². The van der Waals surface area contributed by atoms with Gasteiger partial charge >= 0.3 is 0 Å². The minimum Gasteiger partial charge on any atom is -0.388 e. The summed E-state index contributed by atoms with van der Waals surface area (Å²) >= 11 is 0. The van der Waals surface area contributed by atoms with Crippen molar-refractivity contribution in [2.45, 2.75) is 43.9 Å². The number of amides is 1. The Balaban J connectivity index is 1.75. The molecular weight excluding hydrogens is 228 g/mol. The van der Waals surface area contributed by atoms with E-state index in [0.717, 1.165) is 12.8 Å². The summed E-state index contributed by atoms with van der Waals surface area (Å²) in [5.41, 5.74) is 5.66. The number of allylic oxidation sites excluding steroid dienone is 2. The van der Waals surface area contributed by atoms with Gasteiger partial charge in [0, 0.05) is 23.6 Å². The molecule has 3 unspecified atom stereocenters. The highest BCUT2D eigenvalue weighted by molar-refractivity contribution is 5.93. The van der Waals surface area contributed by atoms with Gasteiger partial charge in [0.2, 0.25) is 5.91 Å². The summed E-state index contributed by atoms with van der Waals surface area (Å²) in [7, 11) is 0. The first-order chi connectivity index (χ1) is 8.65. The van der Waals surface area contributed by atoms with Gasteiger partial charge in [-0.3, -0.25) is 4.79 Å². The van der Waals surface area contributed by atoms with Crippen LogP contribution in [0.3, 0.4) is 0 Å². The first-order valence-electron chi connectivity index (χ1n) is 6.77. The van der Waals surface area contributed by atoms with Crippen LogP contribution in [0.15, 0.2) is 23.8 Å². The number of hydrogen-bond donors (Lipinski definition) is 3. The van der Waals surface area contributed by atoms with E-state index in [4.69, 9.17) is 5.73 Å². The van der Waals surface area contributed by atoms with E-state index in [9.17, 15) is 9.90 Å². The number of carbonyl (C=O) groups excluding carboxylic acids is 1. The van der Waals surface area contributed by atoms with Crippen molar-refractivity contribution < 1.29 is 9.90 Å². The molecule has 2 saturated heterocycles. The second kappa shape index (κ2) is 4.52. The second-order valence-corrected chi connectivity index (χ2v) is 5.76. The molecule has 4 nitrogen and oxygen atoms in total. The molecule has 3 rings (SSSR count). The molecule has 4 heteroatoms. The van der Waals surface area contributed by atoms with Gasteiger partial charge in [0.05, 0.1) is 6.10 Å². The summed E-state index contributed by atoms with van der Waals surface area (Å²) in [6.45, 7) is 0. The number of piperidine rings is 1. The maximum atomic E-state index is 11.3. The van der Waals surface area contributed by atoms with Crippen LogP contribution in [0.2, 0.25) is 0 Å². The van der Waals surface area contributed by atoms with E-state index < -0.39 is 12.0 Å². The quantitative estimate of drug-likeness (QED) is 0.665. The summed E-state index contributed by atoms with van der Waals surface area (Å²) in [5, 5.41) is 13.9. The average Bonchev–Trinajstić information content (AvgIpc) is 2.68. The Bertz CT molecular complexity index is 404. The molecule has 18 heavy (non-hydrogen) atoms. The zero-order chi connectivity index (χ0) is 12.7. The van der Waals surface area contributed by atoms with Gasteiger partial charge in [-0.1, -0.05) is 18.2 Å². The van der Waals surface area contributed by atoms with Crippen molar-refractivity contribution in [2.75, 3.05) is 0 Å². The lowest BCUT2D eigenvalue weighted by molar-refractivity contribution is -0.115. The van der Waals surface area contributed by atoms with E-state index in [-0.39, 0.29) is 5.92 Å². The summed E-state index contributed by atoms with van der Waals surface area (Å²) in [6.07, 6.45) is 9.48. The van der Waals surface area contributed by atoms with Crippen LogP contribution in [0.5, 0.6) is 0 Å². The number of aliphatic hydroxyl groups excluding tert-OH is 1. The molecule has 0 radical (unpaired) electrons.